The Balaban J connectivity index is 2.48. The smallest absolute Gasteiger partial charge is 0.335 e. The Morgan fingerprint density at radius 1 is 1.18 bits per heavy atom. The number of carbonyl (C=O) groups is 1. The van der Waals surface area contributed by atoms with Gasteiger partial charge in [-0.15, -0.1) is 0 Å². The zero-order chi connectivity index (χ0) is 16.5. The average molecular weight is 326 g/mol. The lowest BCUT2D eigenvalue weighted by molar-refractivity contribution is 0.0696. The van der Waals surface area contributed by atoms with Gasteiger partial charge in [-0.3, -0.25) is 0 Å². The largest absolute Gasteiger partial charge is 0.478 e. The molecule has 0 radical (unpaired) electrons. The Kier molecular flexibility index (Phi) is 4.89. The summed E-state index contributed by atoms with van der Waals surface area (Å²) >= 11 is 0. The third-order valence-electron chi connectivity index (χ3n) is 3.96. The first-order valence-electron chi connectivity index (χ1n) is 7.29. The second kappa shape index (κ2) is 6.36. The van der Waals surface area contributed by atoms with E-state index in [0.29, 0.717) is 31.7 Å². The lowest BCUT2D eigenvalue weighted by Crippen LogP contribution is -2.47. The highest BCUT2D eigenvalue weighted by atomic mass is 32.2. The van der Waals surface area contributed by atoms with Crippen molar-refractivity contribution in [3.63, 3.8) is 0 Å². The first-order chi connectivity index (χ1) is 10.2. The van der Waals surface area contributed by atoms with Gasteiger partial charge < -0.3 is 10.0 Å². The molecule has 0 aliphatic carbocycles. The van der Waals surface area contributed by atoms with Gasteiger partial charge >= 0.3 is 5.97 Å². The molecule has 1 aliphatic rings. The Morgan fingerprint density at radius 2 is 1.77 bits per heavy atom. The molecule has 6 nitrogen and oxygen atoms in total. The zero-order valence-corrected chi connectivity index (χ0v) is 13.9. The topological polar surface area (TPSA) is 77.9 Å². The van der Waals surface area contributed by atoms with E-state index < -0.39 is 16.0 Å². The minimum atomic E-state index is -3.67. The van der Waals surface area contributed by atoms with Crippen LogP contribution in [0.15, 0.2) is 23.1 Å². The Hall–Kier alpha value is -1.44. The Bertz CT molecular complexity index is 662. The molecule has 2 rings (SSSR count). The number of piperazine rings is 1. The third kappa shape index (κ3) is 3.31. The van der Waals surface area contributed by atoms with Crippen LogP contribution in [0.25, 0.3) is 0 Å². The van der Waals surface area contributed by atoms with Crippen molar-refractivity contribution < 1.29 is 18.3 Å². The van der Waals surface area contributed by atoms with Crippen LogP contribution in [-0.2, 0) is 10.0 Å². The van der Waals surface area contributed by atoms with Crippen molar-refractivity contribution in [3.8, 4) is 0 Å². The number of nitrogens with zero attached hydrogens (tertiary/aromatic N) is 2. The van der Waals surface area contributed by atoms with Gasteiger partial charge in [-0.2, -0.15) is 4.31 Å². The van der Waals surface area contributed by atoms with Crippen LogP contribution < -0.4 is 0 Å². The molecule has 0 saturated carbocycles. The van der Waals surface area contributed by atoms with E-state index in [9.17, 15) is 13.2 Å². The van der Waals surface area contributed by atoms with Gasteiger partial charge in [0, 0.05) is 26.2 Å². The van der Waals surface area contributed by atoms with Crippen molar-refractivity contribution in [3.05, 3.63) is 29.3 Å². The van der Waals surface area contributed by atoms with Gasteiger partial charge in [0.05, 0.1) is 10.5 Å². The number of likely N-dealkylation sites (N-methyl/N-ethyl adjacent to an activating group) is 1. The number of benzene rings is 1. The number of carboxylic acid groups (broad SMARTS) is 1. The predicted molar refractivity (Wildman–Crippen MR) is 83.7 cm³/mol. The van der Waals surface area contributed by atoms with Crippen molar-refractivity contribution in [2.24, 2.45) is 0 Å². The van der Waals surface area contributed by atoms with Gasteiger partial charge in [-0.1, -0.05) is 19.9 Å². The molecule has 1 aromatic rings. The van der Waals surface area contributed by atoms with Crippen molar-refractivity contribution in [1.82, 2.24) is 9.21 Å². The maximum Gasteiger partial charge on any atom is 0.335 e. The molecule has 0 bridgehead atoms. The first kappa shape index (κ1) is 16.9. The number of rotatable bonds is 4. The van der Waals surface area contributed by atoms with Crippen LogP contribution in [0.4, 0.5) is 0 Å². The minimum absolute atomic E-state index is 0.0000778. The molecular weight excluding hydrogens is 304 g/mol. The van der Waals surface area contributed by atoms with E-state index >= 15 is 0 Å². The highest BCUT2D eigenvalue weighted by Crippen LogP contribution is 2.28. The molecule has 0 aromatic heterocycles. The van der Waals surface area contributed by atoms with E-state index in [1.54, 1.807) is 6.07 Å². The molecule has 22 heavy (non-hydrogen) atoms. The molecule has 122 valence electrons. The lowest BCUT2D eigenvalue weighted by Gasteiger charge is -2.32. The van der Waals surface area contributed by atoms with Gasteiger partial charge in [0.2, 0.25) is 10.0 Å². The van der Waals surface area contributed by atoms with Crippen LogP contribution in [-0.4, -0.2) is 61.9 Å². The minimum Gasteiger partial charge on any atom is -0.478 e. The highest BCUT2D eigenvalue weighted by Gasteiger charge is 2.30. The molecule has 1 heterocycles. The van der Waals surface area contributed by atoms with E-state index in [2.05, 4.69) is 4.90 Å². The van der Waals surface area contributed by atoms with Gasteiger partial charge in [-0.25, -0.2) is 13.2 Å². The van der Waals surface area contributed by atoms with Crippen molar-refractivity contribution in [2.75, 3.05) is 33.2 Å². The van der Waals surface area contributed by atoms with E-state index in [0.717, 1.165) is 0 Å². The molecule has 1 aromatic carbocycles. The van der Waals surface area contributed by atoms with Crippen LogP contribution in [0.2, 0.25) is 0 Å². The zero-order valence-electron chi connectivity index (χ0n) is 13.1. The van der Waals surface area contributed by atoms with Gasteiger partial charge in [0.25, 0.3) is 0 Å². The summed E-state index contributed by atoms with van der Waals surface area (Å²) in [5.74, 6) is -1.12. The fourth-order valence-corrected chi connectivity index (χ4v) is 4.33. The number of hydrogen-bond acceptors (Lipinski definition) is 4. The van der Waals surface area contributed by atoms with Crippen LogP contribution in [0, 0.1) is 0 Å². The predicted octanol–water partition coefficient (Wildman–Crippen LogP) is 1.44. The standard InChI is InChI=1S/C15H22N2O4S/c1-11(2)13-5-4-12(15(18)19)10-14(13)22(20,21)17-8-6-16(3)7-9-17/h4-5,10-11H,6-9H2,1-3H3,(H,18,19). The fraction of sp³-hybridized carbons (Fsp3) is 0.533. The molecule has 1 aliphatic heterocycles. The summed E-state index contributed by atoms with van der Waals surface area (Å²) in [4.78, 5) is 13.4. The van der Waals surface area contributed by atoms with Crippen LogP contribution in [0.1, 0.15) is 35.7 Å². The molecule has 0 spiro atoms. The molecule has 1 saturated heterocycles. The number of aromatic carboxylic acids is 1. The summed E-state index contributed by atoms with van der Waals surface area (Å²) in [6.45, 7) is 6.00. The molecular formula is C15H22N2O4S. The molecule has 1 fully saturated rings. The Morgan fingerprint density at radius 3 is 2.27 bits per heavy atom. The third-order valence-corrected chi connectivity index (χ3v) is 5.92. The van der Waals surface area contributed by atoms with Crippen LogP contribution >= 0.6 is 0 Å². The summed E-state index contributed by atoms with van der Waals surface area (Å²) in [5.41, 5.74) is 0.654. The van der Waals surface area contributed by atoms with Crippen molar-refractivity contribution >= 4 is 16.0 Å². The van der Waals surface area contributed by atoms with E-state index in [1.807, 2.05) is 20.9 Å². The Labute approximate surface area is 131 Å². The lowest BCUT2D eigenvalue weighted by atomic mass is 10.0. The maximum absolute atomic E-state index is 12.9. The number of hydrogen-bond donors (Lipinski definition) is 1. The summed E-state index contributed by atoms with van der Waals surface area (Å²) < 4.78 is 27.3. The van der Waals surface area contributed by atoms with Crippen LogP contribution in [0.5, 0.6) is 0 Å². The summed E-state index contributed by atoms with van der Waals surface area (Å²) in [7, 11) is -1.72. The second-order valence-electron chi connectivity index (χ2n) is 5.92. The monoisotopic (exact) mass is 326 g/mol. The summed E-state index contributed by atoms with van der Waals surface area (Å²) in [6, 6.07) is 4.35. The first-order valence-corrected chi connectivity index (χ1v) is 8.73. The SMILES string of the molecule is CC(C)c1ccc(C(=O)O)cc1S(=O)(=O)N1CCN(C)CC1. The molecule has 0 amide bonds. The van der Waals surface area contributed by atoms with Crippen LogP contribution in [0.3, 0.4) is 0 Å². The summed E-state index contributed by atoms with van der Waals surface area (Å²) in [5, 5.41) is 9.13. The maximum atomic E-state index is 12.9. The fourth-order valence-electron chi connectivity index (χ4n) is 2.54. The molecule has 1 N–H and O–H groups in total. The molecule has 7 heteroatoms. The highest BCUT2D eigenvalue weighted by molar-refractivity contribution is 7.89. The second-order valence-corrected chi connectivity index (χ2v) is 7.83. The van der Waals surface area contributed by atoms with E-state index in [-0.39, 0.29) is 16.4 Å². The average Bonchev–Trinajstić information content (AvgIpc) is 2.46. The molecule has 0 atom stereocenters. The van der Waals surface area contributed by atoms with E-state index in [4.69, 9.17) is 5.11 Å². The normalized spacial score (nSPS) is 17.8. The van der Waals surface area contributed by atoms with Gasteiger partial charge in [0.15, 0.2) is 0 Å². The summed E-state index contributed by atoms with van der Waals surface area (Å²) in [6.07, 6.45) is 0. The van der Waals surface area contributed by atoms with Crippen molar-refractivity contribution in [1.29, 1.82) is 0 Å². The number of sulfonamides is 1. The molecule has 0 unspecified atom stereocenters. The quantitative estimate of drug-likeness (QED) is 0.906. The number of carboxylic acids is 1. The van der Waals surface area contributed by atoms with Gasteiger partial charge in [-0.05, 0) is 30.7 Å². The van der Waals surface area contributed by atoms with Gasteiger partial charge in [0.1, 0.15) is 0 Å². The van der Waals surface area contributed by atoms with Crippen molar-refractivity contribution in [2.45, 2.75) is 24.7 Å². The van der Waals surface area contributed by atoms with E-state index in [1.165, 1.54) is 16.4 Å².